The van der Waals surface area contributed by atoms with Crippen LogP contribution in [0, 0.1) is 5.41 Å². The summed E-state index contributed by atoms with van der Waals surface area (Å²) in [5, 5.41) is 12.4. The number of hydrogen-bond donors (Lipinski definition) is 2. The summed E-state index contributed by atoms with van der Waals surface area (Å²) < 4.78 is 0. The Kier molecular flexibility index (Phi) is 5.12. The van der Waals surface area contributed by atoms with Crippen LogP contribution in [0.5, 0.6) is 0 Å². The molecule has 1 aromatic carbocycles. The Bertz CT molecular complexity index is 410. The van der Waals surface area contributed by atoms with Crippen LogP contribution < -0.4 is 5.32 Å². The predicted molar refractivity (Wildman–Crippen MR) is 78.4 cm³/mol. The Morgan fingerprint density at radius 2 is 1.74 bits per heavy atom. The van der Waals surface area contributed by atoms with E-state index >= 15 is 0 Å². The molecule has 0 bridgehead atoms. The Balaban J connectivity index is 2.43. The van der Waals surface area contributed by atoms with Gasteiger partial charge in [-0.05, 0) is 32.4 Å². The van der Waals surface area contributed by atoms with Crippen LogP contribution in [0.3, 0.4) is 0 Å². The van der Waals surface area contributed by atoms with Gasteiger partial charge < -0.3 is 10.4 Å². The molecule has 1 aromatic rings. The fourth-order valence-electron chi connectivity index (χ4n) is 1.90. The molecule has 0 saturated carbocycles. The molecule has 0 fully saturated rings. The predicted octanol–water partition coefficient (Wildman–Crippen LogP) is 3.05. The number of carboxylic acids is 1. The smallest absolute Gasteiger partial charge is 0.309 e. The summed E-state index contributed by atoms with van der Waals surface area (Å²) >= 11 is 0. The van der Waals surface area contributed by atoms with Crippen LogP contribution in [0.15, 0.2) is 30.3 Å². The minimum absolute atomic E-state index is 0.0502. The zero-order chi connectivity index (χ0) is 14.5. The van der Waals surface area contributed by atoms with Gasteiger partial charge in [0.15, 0.2) is 0 Å². The number of rotatable bonds is 7. The van der Waals surface area contributed by atoms with Gasteiger partial charge in [-0.2, -0.15) is 0 Å². The Labute approximate surface area is 116 Å². The zero-order valence-electron chi connectivity index (χ0n) is 12.4. The fourth-order valence-corrected chi connectivity index (χ4v) is 1.90. The standard InChI is InChI=1S/C16H25NO2/c1-15(2,14(18)19)10-11-17-12-16(3,4)13-8-6-5-7-9-13/h5-9,17H,10-12H2,1-4H3,(H,18,19). The molecule has 2 N–H and O–H groups in total. The Morgan fingerprint density at radius 1 is 1.16 bits per heavy atom. The van der Waals surface area contributed by atoms with Crippen molar-refractivity contribution < 1.29 is 9.90 Å². The summed E-state index contributed by atoms with van der Waals surface area (Å²) in [4.78, 5) is 11.0. The first kappa shape index (κ1) is 15.7. The highest BCUT2D eigenvalue weighted by Crippen LogP contribution is 2.23. The Morgan fingerprint density at radius 3 is 2.26 bits per heavy atom. The van der Waals surface area contributed by atoms with E-state index in [9.17, 15) is 4.79 Å². The lowest BCUT2D eigenvalue weighted by Crippen LogP contribution is -2.36. The number of aliphatic carboxylic acids is 1. The molecular weight excluding hydrogens is 238 g/mol. The normalized spacial score (nSPS) is 12.4. The van der Waals surface area contributed by atoms with Gasteiger partial charge in [-0.1, -0.05) is 44.2 Å². The first-order chi connectivity index (χ1) is 8.76. The third-order valence-electron chi connectivity index (χ3n) is 3.63. The third-order valence-corrected chi connectivity index (χ3v) is 3.63. The highest BCUT2D eigenvalue weighted by molar-refractivity contribution is 5.73. The highest BCUT2D eigenvalue weighted by atomic mass is 16.4. The molecule has 0 aromatic heterocycles. The number of benzene rings is 1. The van der Waals surface area contributed by atoms with Crippen molar-refractivity contribution in [3.05, 3.63) is 35.9 Å². The molecule has 1 rings (SSSR count). The number of nitrogens with one attached hydrogen (secondary N) is 1. The van der Waals surface area contributed by atoms with E-state index in [0.29, 0.717) is 6.42 Å². The molecule has 0 aliphatic heterocycles. The average molecular weight is 263 g/mol. The van der Waals surface area contributed by atoms with Crippen LogP contribution in [0.2, 0.25) is 0 Å². The van der Waals surface area contributed by atoms with Gasteiger partial charge in [0.25, 0.3) is 0 Å². The molecule has 3 heteroatoms. The minimum atomic E-state index is -0.739. The molecular formula is C16H25NO2. The van der Waals surface area contributed by atoms with E-state index in [2.05, 4.69) is 31.3 Å². The maximum absolute atomic E-state index is 11.0. The van der Waals surface area contributed by atoms with Gasteiger partial charge in [-0.25, -0.2) is 0 Å². The maximum Gasteiger partial charge on any atom is 0.309 e. The van der Waals surface area contributed by atoms with Crippen molar-refractivity contribution in [2.45, 2.75) is 39.5 Å². The van der Waals surface area contributed by atoms with E-state index in [4.69, 9.17) is 5.11 Å². The molecule has 0 atom stereocenters. The van der Waals surface area contributed by atoms with Gasteiger partial charge in [0.1, 0.15) is 0 Å². The summed E-state index contributed by atoms with van der Waals surface area (Å²) in [6.07, 6.45) is 0.632. The first-order valence-electron chi connectivity index (χ1n) is 6.75. The van der Waals surface area contributed by atoms with E-state index in [1.165, 1.54) is 5.56 Å². The van der Waals surface area contributed by atoms with E-state index in [1.54, 1.807) is 13.8 Å². The second kappa shape index (κ2) is 6.20. The van der Waals surface area contributed by atoms with Gasteiger partial charge in [-0.15, -0.1) is 0 Å². The molecule has 0 aliphatic rings. The number of carboxylic acid groups (broad SMARTS) is 1. The molecule has 0 radical (unpaired) electrons. The van der Waals surface area contributed by atoms with E-state index in [0.717, 1.165) is 13.1 Å². The van der Waals surface area contributed by atoms with Gasteiger partial charge in [0, 0.05) is 12.0 Å². The van der Waals surface area contributed by atoms with Crippen molar-refractivity contribution in [1.29, 1.82) is 0 Å². The monoisotopic (exact) mass is 263 g/mol. The van der Waals surface area contributed by atoms with Crippen LogP contribution in [0.1, 0.15) is 39.7 Å². The number of hydrogen-bond acceptors (Lipinski definition) is 2. The van der Waals surface area contributed by atoms with Crippen molar-refractivity contribution in [1.82, 2.24) is 5.32 Å². The minimum Gasteiger partial charge on any atom is -0.481 e. The molecule has 0 heterocycles. The molecule has 0 spiro atoms. The van der Waals surface area contributed by atoms with Crippen molar-refractivity contribution in [3.63, 3.8) is 0 Å². The maximum atomic E-state index is 11.0. The van der Waals surface area contributed by atoms with Gasteiger partial charge in [0.05, 0.1) is 5.41 Å². The lowest BCUT2D eigenvalue weighted by atomic mass is 9.84. The van der Waals surface area contributed by atoms with E-state index in [1.807, 2.05) is 18.2 Å². The summed E-state index contributed by atoms with van der Waals surface area (Å²) in [7, 11) is 0. The van der Waals surface area contributed by atoms with Crippen LogP contribution in [-0.2, 0) is 10.2 Å². The van der Waals surface area contributed by atoms with Gasteiger partial charge in [0.2, 0.25) is 0 Å². The second-order valence-corrected chi connectivity index (χ2v) is 6.37. The third kappa shape index (κ3) is 4.67. The van der Waals surface area contributed by atoms with Crippen molar-refractivity contribution in [2.75, 3.05) is 13.1 Å². The molecule has 0 unspecified atom stereocenters. The summed E-state index contributed by atoms with van der Waals surface area (Å²) in [6, 6.07) is 10.4. The SMILES string of the molecule is CC(C)(CCNCC(C)(C)c1ccccc1)C(=O)O. The van der Waals surface area contributed by atoms with Gasteiger partial charge in [-0.3, -0.25) is 4.79 Å². The van der Waals surface area contributed by atoms with Crippen molar-refractivity contribution in [2.24, 2.45) is 5.41 Å². The van der Waals surface area contributed by atoms with Crippen molar-refractivity contribution in [3.8, 4) is 0 Å². The molecule has 106 valence electrons. The Hall–Kier alpha value is -1.35. The summed E-state index contributed by atoms with van der Waals surface area (Å²) in [5.74, 6) is -0.739. The average Bonchev–Trinajstić information content (AvgIpc) is 2.36. The largest absolute Gasteiger partial charge is 0.481 e. The van der Waals surface area contributed by atoms with E-state index < -0.39 is 11.4 Å². The van der Waals surface area contributed by atoms with E-state index in [-0.39, 0.29) is 5.41 Å². The highest BCUT2D eigenvalue weighted by Gasteiger charge is 2.27. The topological polar surface area (TPSA) is 49.3 Å². The molecule has 0 amide bonds. The van der Waals surface area contributed by atoms with Crippen LogP contribution >= 0.6 is 0 Å². The van der Waals surface area contributed by atoms with Crippen LogP contribution in [0.4, 0.5) is 0 Å². The molecule has 0 aliphatic carbocycles. The van der Waals surface area contributed by atoms with Crippen molar-refractivity contribution >= 4 is 5.97 Å². The summed E-state index contributed by atoms with van der Waals surface area (Å²) in [5.41, 5.74) is 0.679. The van der Waals surface area contributed by atoms with Crippen LogP contribution in [-0.4, -0.2) is 24.2 Å². The van der Waals surface area contributed by atoms with Gasteiger partial charge >= 0.3 is 5.97 Å². The molecule has 19 heavy (non-hydrogen) atoms. The first-order valence-corrected chi connectivity index (χ1v) is 6.75. The quantitative estimate of drug-likeness (QED) is 0.743. The fraction of sp³-hybridized carbons (Fsp3) is 0.562. The molecule has 3 nitrogen and oxygen atoms in total. The zero-order valence-corrected chi connectivity index (χ0v) is 12.4. The van der Waals surface area contributed by atoms with Crippen LogP contribution in [0.25, 0.3) is 0 Å². The summed E-state index contributed by atoms with van der Waals surface area (Å²) in [6.45, 7) is 9.47. The lowest BCUT2D eigenvalue weighted by molar-refractivity contribution is -0.147. The lowest BCUT2D eigenvalue weighted by Gasteiger charge is -2.27. The number of carbonyl (C=O) groups is 1. The molecule has 0 saturated heterocycles. The second-order valence-electron chi connectivity index (χ2n) is 6.37.